The number of carbonyl (C=O) groups is 1. The Morgan fingerprint density at radius 2 is 2.10 bits per heavy atom. The van der Waals surface area contributed by atoms with Gasteiger partial charge in [-0.2, -0.15) is 0 Å². The fourth-order valence-corrected chi connectivity index (χ4v) is 4.10. The van der Waals surface area contributed by atoms with E-state index in [1.54, 1.807) is 0 Å². The van der Waals surface area contributed by atoms with Crippen molar-refractivity contribution >= 4 is 17.3 Å². The molecule has 112 valence electrons. The standard InChI is InChI=1S/C17H23N3O/c21-17(15-11-13-6-7-16(15)18-13)19-12-4-3-5-14(10-12)20-8-1-2-9-20/h3-5,10,13,15-16,18H,1-2,6-9,11H2,(H,19,21). The van der Waals surface area contributed by atoms with Crippen molar-refractivity contribution in [3.05, 3.63) is 24.3 Å². The van der Waals surface area contributed by atoms with Crippen LogP contribution in [0.15, 0.2) is 24.3 Å². The SMILES string of the molecule is O=C(Nc1cccc(N2CCCC2)c1)C1CC2CCC1N2. The minimum absolute atomic E-state index is 0.152. The number of amides is 1. The highest BCUT2D eigenvalue weighted by atomic mass is 16.2. The number of benzene rings is 1. The third-order valence-corrected chi connectivity index (χ3v) is 5.22. The summed E-state index contributed by atoms with van der Waals surface area (Å²) >= 11 is 0. The highest BCUT2D eigenvalue weighted by Crippen LogP contribution is 2.34. The van der Waals surface area contributed by atoms with Gasteiger partial charge in [0.15, 0.2) is 0 Å². The Hall–Kier alpha value is -1.55. The topological polar surface area (TPSA) is 44.4 Å². The molecule has 3 unspecified atom stereocenters. The lowest BCUT2D eigenvalue weighted by Crippen LogP contribution is -2.32. The quantitative estimate of drug-likeness (QED) is 0.896. The molecule has 3 atom stereocenters. The van der Waals surface area contributed by atoms with E-state index < -0.39 is 0 Å². The van der Waals surface area contributed by atoms with Gasteiger partial charge in [-0.05, 0) is 50.3 Å². The van der Waals surface area contributed by atoms with E-state index in [9.17, 15) is 4.79 Å². The molecule has 2 bridgehead atoms. The number of rotatable bonds is 3. The molecule has 3 heterocycles. The van der Waals surface area contributed by atoms with Crippen LogP contribution >= 0.6 is 0 Å². The van der Waals surface area contributed by atoms with Crippen LogP contribution in [0.1, 0.15) is 32.1 Å². The maximum absolute atomic E-state index is 12.5. The van der Waals surface area contributed by atoms with Gasteiger partial charge in [0.1, 0.15) is 0 Å². The molecule has 1 aromatic carbocycles. The van der Waals surface area contributed by atoms with Crippen LogP contribution in [0.4, 0.5) is 11.4 Å². The normalized spacial score (nSPS) is 30.9. The Bertz CT molecular complexity index is 539. The van der Waals surface area contributed by atoms with Crippen LogP contribution in [0.3, 0.4) is 0 Å². The largest absolute Gasteiger partial charge is 0.371 e. The molecular formula is C17H23N3O. The molecule has 3 saturated heterocycles. The lowest BCUT2D eigenvalue weighted by Gasteiger charge is -2.21. The highest BCUT2D eigenvalue weighted by molar-refractivity contribution is 5.93. The number of anilines is 2. The number of hydrogen-bond donors (Lipinski definition) is 2. The predicted molar refractivity (Wildman–Crippen MR) is 84.6 cm³/mol. The molecule has 2 N–H and O–H groups in total. The van der Waals surface area contributed by atoms with Gasteiger partial charge in [0.2, 0.25) is 5.91 Å². The van der Waals surface area contributed by atoms with Gasteiger partial charge in [-0.3, -0.25) is 4.79 Å². The first-order chi connectivity index (χ1) is 10.3. The molecule has 3 fully saturated rings. The highest BCUT2D eigenvalue weighted by Gasteiger charge is 2.42. The minimum atomic E-state index is 0.152. The molecule has 4 nitrogen and oxygen atoms in total. The van der Waals surface area contributed by atoms with Crippen LogP contribution in [-0.4, -0.2) is 31.1 Å². The van der Waals surface area contributed by atoms with Crippen LogP contribution < -0.4 is 15.5 Å². The minimum Gasteiger partial charge on any atom is -0.371 e. The molecule has 1 amide bonds. The lowest BCUT2D eigenvalue weighted by molar-refractivity contribution is -0.120. The Labute approximate surface area is 125 Å². The van der Waals surface area contributed by atoms with Gasteiger partial charge in [0.25, 0.3) is 0 Å². The van der Waals surface area contributed by atoms with E-state index in [2.05, 4.69) is 27.7 Å². The Balaban J connectivity index is 1.44. The summed E-state index contributed by atoms with van der Waals surface area (Å²) in [5, 5.41) is 6.66. The maximum atomic E-state index is 12.5. The summed E-state index contributed by atoms with van der Waals surface area (Å²) in [4.78, 5) is 14.9. The molecule has 0 aromatic heterocycles. The van der Waals surface area contributed by atoms with Crippen molar-refractivity contribution in [3.63, 3.8) is 0 Å². The molecule has 21 heavy (non-hydrogen) atoms. The first kappa shape index (κ1) is 13.1. The Morgan fingerprint density at radius 3 is 2.81 bits per heavy atom. The van der Waals surface area contributed by atoms with E-state index >= 15 is 0 Å². The molecule has 1 aromatic rings. The van der Waals surface area contributed by atoms with Gasteiger partial charge in [-0.25, -0.2) is 0 Å². The van der Waals surface area contributed by atoms with Crippen molar-refractivity contribution in [2.24, 2.45) is 5.92 Å². The van der Waals surface area contributed by atoms with Crippen LogP contribution in [0.25, 0.3) is 0 Å². The molecule has 3 aliphatic rings. The Morgan fingerprint density at radius 1 is 1.24 bits per heavy atom. The monoisotopic (exact) mass is 285 g/mol. The first-order valence-electron chi connectivity index (χ1n) is 8.21. The summed E-state index contributed by atoms with van der Waals surface area (Å²) in [5.41, 5.74) is 2.17. The number of fused-ring (bicyclic) bond motifs is 2. The summed E-state index contributed by atoms with van der Waals surface area (Å²) in [6.07, 6.45) is 5.93. The molecular weight excluding hydrogens is 262 g/mol. The van der Waals surface area contributed by atoms with E-state index in [0.29, 0.717) is 12.1 Å². The summed E-state index contributed by atoms with van der Waals surface area (Å²) in [6.45, 7) is 2.27. The van der Waals surface area contributed by atoms with Crippen molar-refractivity contribution in [2.75, 3.05) is 23.3 Å². The van der Waals surface area contributed by atoms with Crippen molar-refractivity contribution < 1.29 is 4.79 Å². The maximum Gasteiger partial charge on any atom is 0.229 e. The van der Waals surface area contributed by atoms with Gasteiger partial charge in [-0.15, -0.1) is 0 Å². The van der Waals surface area contributed by atoms with Crippen molar-refractivity contribution in [1.82, 2.24) is 5.32 Å². The molecule has 0 aliphatic carbocycles. The van der Waals surface area contributed by atoms with Crippen LogP contribution in [0.2, 0.25) is 0 Å². The fourth-order valence-electron chi connectivity index (χ4n) is 4.10. The lowest BCUT2D eigenvalue weighted by atomic mass is 9.88. The molecule has 4 heteroatoms. The fraction of sp³-hybridized carbons (Fsp3) is 0.588. The van der Waals surface area contributed by atoms with E-state index in [1.807, 2.05) is 12.1 Å². The number of nitrogens with one attached hydrogen (secondary N) is 2. The molecule has 4 rings (SSSR count). The Kier molecular flexibility index (Phi) is 3.34. The molecule has 0 saturated carbocycles. The predicted octanol–water partition coefficient (Wildman–Crippen LogP) is 2.37. The number of hydrogen-bond acceptors (Lipinski definition) is 3. The van der Waals surface area contributed by atoms with Gasteiger partial charge in [-0.1, -0.05) is 6.07 Å². The van der Waals surface area contributed by atoms with E-state index in [-0.39, 0.29) is 11.8 Å². The van der Waals surface area contributed by atoms with E-state index in [1.165, 1.54) is 24.9 Å². The average Bonchev–Trinajstić information content (AvgIpc) is 3.24. The van der Waals surface area contributed by atoms with Crippen molar-refractivity contribution in [1.29, 1.82) is 0 Å². The molecule has 0 radical (unpaired) electrons. The third kappa shape index (κ3) is 2.53. The van der Waals surface area contributed by atoms with Crippen molar-refractivity contribution in [2.45, 2.75) is 44.2 Å². The zero-order valence-corrected chi connectivity index (χ0v) is 12.3. The van der Waals surface area contributed by atoms with Gasteiger partial charge in [0, 0.05) is 36.5 Å². The van der Waals surface area contributed by atoms with Crippen LogP contribution in [0.5, 0.6) is 0 Å². The second-order valence-corrected chi connectivity index (χ2v) is 6.62. The van der Waals surface area contributed by atoms with E-state index in [4.69, 9.17) is 0 Å². The summed E-state index contributed by atoms with van der Waals surface area (Å²) in [5.74, 6) is 0.340. The van der Waals surface area contributed by atoms with Crippen LogP contribution in [-0.2, 0) is 4.79 Å². The zero-order valence-electron chi connectivity index (χ0n) is 12.3. The van der Waals surface area contributed by atoms with Crippen molar-refractivity contribution in [3.8, 4) is 0 Å². The van der Waals surface area contributed by atoms with Gasteiger partial charge in [0.05, 0.1) is 5.92 Å². The number of nitrogens with zero attached hydrogens (tertiary/aromatic N) is 1. The third-order valence-electron chi connectivity index (χ3n) is 5.22. The second kappa shape index (κ2) is 5.34. The summed E-state index contributed by atoms with van der Waals surface area (Å²) in [6, 6.07) is 9.27. The molecule has 0 spiro atoms. The zero-order chi connectivity index (χ0) is 14.2. The average molecular weight is 285 g/mol. The molecule has 3 aliphatic heterocycles. The first-order valence-corrected chi connectivity index (χ1v) is 8.21. The smallest absolute Gasteiger partial charge is 0.229 e. The van der Waals surface area contributed by atoms with Gasteiger partial charge >= 0.3 is 0 Å². The van der Waals surface area contributed by atoms with Gasteiger partial charge < -0.3 is 15.5 Å². The number of carbonyl (C=O) groups excluding carboxylic acids is 1. The summed E-state index contributed by atoms with van der Waals surface area (Å²) in [7, 11) is 0. The van der Waals surface area contributed by atoms with Crippen LogP contribution in [0, 0.1) is 5.92 Å². The second-order valence-electron chi connectivity index (χ2n) is 6.62. The van der Waals surface area contributed by atoms with E-state index in [0.717, 1.165) is 31.6 Å². The summed E-state index contributed by atoms with van der Waals surface area (Å²) < 4.78 is 0.